The number of carbonyl (C=O) groups is 1. The Labute approximate surface area is 145 Å². The number of rotatable bonds is 4. The Morgan fingerprint density at radius 3 is 2.60 bits per heavy atom. The van der Waals surface area contributed by atoms with Crippen LogP contribution in [0.4, 0.5) is 4.79 Å². The largest absolute Gasteiger partial charge is 0.497 e. The Balaban J connectivity index is 1.55. The Hall–Kier alpha value is -2.55. The van der Waals surface area contributed by atoms with Crippen molar-refractivity contribution < 1.29 is 22.5 Å². The third-order valence-electron chi connectivity index (χ3n) is 3.99. The van der Waals surface area contributed by atoms with Crippen LogP contribution in [0.25, 0.3) is 11.3 Å². The fraction of sp³-hybridized carbons (Fsp3) is 0.375. The standard InChI is InChI=1S/C16H19N3O5S/c1-23-14-4-2-12(3-5-14)15-10-13(18-24-15)11-17-16(20)19-6-8-25(21,22)9-7-19/h2-5,10H,6-9,11H2,1H3,(H,17,20). The number of sulfone groups is 1. The number of amides is 2. The van der Waals surface area contributed by atoms with Gasteiger partial charge in [0.2, 0.25) is 0 Å². The molecule has 0 atom stereocenters. The molecule has 2 aromatic rings. The molecule has 1 aromatic carbocycles. The summed E-state index contributed by atoms with van der Waals surface area (Å²) in [6, 6.07) is 8.81. The van der Waals surface area contributed by atoms with Gasteiger partial charge in [0.25, 0.3) is 0 Å². The predicted octanol–water partition coefficient (Wildman–Crippen LogP) is 1.29. The van der Waals surface area contributed by atoms with Crippen LogP contribution in [0.2, 0.25) is 0 Å². The minimum absolute atomic E-state index is 0.00595. The van der Waals surface area contributed by atoms with Gasteiger partial charge in [-0.3, -0.25) is 0 Å². The predicted molar refractivity (Wildman–Crippen MR) is 91.0 cm³/mol. The van der Waals surface area contributed by atoms with E-state index < -0.39 is 9.84 Å². The van der Waals surface area contributed by atoms with Crippen molar-refractivity contribution in [3.63, 3.8) is 0 Å². The van der Waals surface area contributed by atoms with E-state index in [1.807, 2.05) is 24.3 Å². The molecule has 0 unspecified atom stereocenters. The lowest BCUT2D eigenvalue weighted by atomic mass is 10.1. The zero-order chi connectivity index (χ0) is 17.9. The average Bonchev–Trinajstić information content (AvgIpc) is 3.09. The van der Waals surface area contributed by atoms with E-state index >= 15 is 0 Å². The topological polar surface area (TPSA) is 102 Å². The van der Waals surface area contributed by atoms with Crippen molar-refractivity contribution in [1.82, 2.24) is 15.4 Å². The highest BCUT2D eigenvalue weighted by atomic mass is 32.2. The van der Waals surface area contributed by atoms with Gasteiger partial charge in [-0.15, -0.1) is 0 Å². The second kappa shape index (κ2) is 7.14. The van der Waals surface area contributed by atoms with Crippen molar-refractivity contribution in [1.29, 1.82) is 0 Å². The average molecular weight is 365 g/mol. The first-order chi connectivity index (χ1) is 12.0. The monoisotopic (exact) mass is 365 g/mol. The van der Waals surface area contributed by atoms with Crippen LogP contribution in [0.5, 0.6) is 5.75 Å². The zero-order valence-corrected chi connectivity index (χ0v) is 14.6. The van der Waals surface area contributed by atoms with Crippen molar-refractivity contribution in [2.45, 2.75) is 6.54 Å². The van der Waals surface area contributed by atoms with E-state index in [9.17, 15) is 13.2 Å². The molecular weight excluding hydrogens is 346 g/mol. The lowest BCUT2D eigenvalue weighted by Crippen LogP contribution is -2.48. The van der Waals surface area contributed by atoms with Crippen LogP contribution in [-0.4, -0.2) is 56.2 Å². The molecule has 1 aliphatic rings. The van der Waals surface area contributed by atoms with Gasteiger partial charge in [0, 0.05) is 24.7 Å². The van der Waals surface area contributed by atoms with Gasteiger partial charge in [-0.25, -0.2) is 13.2 Å². The summed E-state index contributed by atoms with van der Waals surface area (Å²) in [5.74, 6) is 1.35. The molecule has 1 aliphatic heterocycles. The number of nitrogens with one attached hydrogen (secondary N) is 1. The molecule has 9 heteroatoms. The first-order valence-corrected chi connectivity index (χ1v) is 9.62. The molecule has 25 heavy (non-hydrogen) atoms. The summed E-state index contributed by atoms with van der Waals surface area (Å²) >= 11 is 0. The minimum atomic E-state index is -3.01. The van der Waals surface area contributed by atoms with Gasteiger partial charge in [0.05, 0.1) is 25.2 Å². The van der Waals surface area contributed by atoms with Crippen LogP contribution in [0.15, 0.2) is 34.9 Å². The molecule has 1 N–H and O–H groups in total. The zero-order valence-electron chi connectivity index (χ0n) is 13.8. The van der Waals surface area contributed by atoms with Crippen LogP contribution >= 0.6 is 0 Å². The molecule has 0 bridgehead atoms. The third-order valence-corrected chi connectivity index (χ3v) is 5.60. The number of nitrogens with zero attached hydrogens (tertiary/aromatic N) is 2. The van der Waals surface area contributed by atoms with E-state index in [0.29, 0.717) is 11.5 Å². The number of hydrogen-bond donors (Lipinski definition) is 1. The molecule has 1 fully saturated rings. The van der Waals surface area contributed by atoms with E-state index in [0.717, 1.165) is 11.3 Å². The molecule has 1 aromatic heterocycles. The van der Waals surface area contributed by atoms with Crippen molar-refractivity contribution in [3.05, 3.63) is 36.0 Å². The van der Waals surface area contributed by atoms with Crippen LogP contribution in [0.1, 0.15) is 5.69 Å². The number of carbonyl (C=O) groups excluding carboxylic acids is 1. The first kappa shape index (κ1) is 17.3. The summed E-state index contributed by atoms with van der Waals surface area (Å²) < 4.78 is 33.2. The number of ether oxygens (including phenoxy) is 1. The van der Waals surface area contributed by atoms with E-state index in [4.69, 9.17) is 9.26 Å². The maximum atomic E-state index is 12.1. The first-order valence-electron chi connectivity index (χ1n) is 7.80. The minimum Gasteiger partial charge on any atom is -0.497 e. The molecule has 3 rings (SSSR count). The molecular formula is C16H19N3O5S. The van der Waals surface area contributed by atoms with E-state index in [-0.39, 0.29) is 37.2 Å². The normalized spacial score (nSPS) is 16.4. The molecule has 0 saturated carbocycles. The molecule has 1 saturated heterocycles. The number of benzene rings is 1. The molecule has 0 radical (unpaired) electrons. The number of hydrogen-bond acceptors (Lipinski definition) is 6. The molecule has 0 spiro atoms. The quantitative estimate of drug-likeness (QED) is 0.876. The van der Waals surface area contributed by atoms with Crippen molar-refractivity contribution >= 4 is 15.9 Å². The highest BCUT2D eigenvalue weighted by Gasteiger charge is 2.24. The smallest absolute Gasteiger partial charge is 0.317 e. The Bertz CT molecular complexity index is 831. The fourth-order valence-corrected chi connectivity index (χ4v) is 3.68. The van der Waals surface area contributed by atoms with Crippen LogP contribution < -0.4 is 10.1 Å². The molecule has 0 aliphatic carbocycles. The van der Waals surface area contributed by atoms with E-state index in [1.165, 1.54) is 4.90 Å². The summed E-state index contributed by atoms with van der Waals surface area (Å²) in [6.07, 6.45) is 0. The summed E-state index contributed by atoms with van der Waals surface area (Å²) in [7, 11) is -1.41. The molecule has 8 nitrogen and oxygen atoms in total. The maximum absolute atomic E-state index is 12.1. The molecule has 2 heterocycles. The Morgan fingerprint density at radius 1 is 1.28 bits per heavy atom. The second-order valence-corrected chi connectivity index (χ2v) is 8.01. The lowest BCUT2D eigenvalue weighted by molar-refractivity contribution is 0.201. The van der Waals surface area contributed by atoms with Gasteiger partial charge >= 0.3 is 6.03 Å². The number of aromatic nitrogens is 1. The SMILES string of the molecule is COc1ccc(-c2cc(CNC(=O)N3CCS(=O)(=O)CC3)no2)cc1. The van der Waals surface area contributed by atoms with Crippen molar-refractivity contribution in [2.75, 3.05) is 31.7 Å². The van der Waals surface area contributed by atoms with Gasteiger partial charge in [-0.1, -0.05) is 5.16 Å². The maximum Gasteiger partial charge on any atom is 0.317 e. The summed E-state index contributed by atoms with van der Waals surface area (Å²) in [4.78, 5) is 13.6. The van der Waals surface area contributed by atoms with Crippen LogP contribution in [0.3, 0.4) is 0 Å². The Morgan fingerprint density at radius 2 is 1.96 bits per heavy atom. The van der Waals surface area contributed by atoms with Crippen LogP contribution in [0, 0.1) is 0 Å². The van der Waals surface area contributed by atoms with Gasteiger partial charge in [0.1, 0.15) is 11.4 Å². The summed E-state index contributed by atoms with van der Waals surface area (Å²) in [5.41, 5.74) is 1.44. The molecule has 2 amide bonds. The van der Waals surface area contributed by atoms with Gasteiger partial charge in [-0.2, -0.15) is 0 Å². The van der Waals surface area contributed by atoms with Crippen molar-refractivity contribution in [3.8, 4) is 17.1 Å². The number of methoxy groups -OCH3 is 1. The third kappa shape index (κ3) is 4.30. The lowest BCUT2D eigenvalue weighted by Gasteiger charge is -2.26. The van der Waals surface area contributed by atoms with Crippen molar-refractivity contribution in [2.24, 2.45) is 0 Å². The van der Waals surface area contributed by atoms with Gasteiger partial charge in [-0.05, 0) is 24.3 Å². The van der Waals surface area contributed by atoms with Gasteiger partial charge < -0.3 is 19.5 Å². The highest BCUT2D eigenvalue weighted by molar-refractivity contribution is 7.91. The van der Waals surface area contributed by atoms with Gasteiger partial charge in [0.15, 0.2) is 15.6 Å². The number of urea groups is 1. The Kier molecular flexibility index (Phi) is 4.93. The van der Waals surface area contributed by atoms with Crippen LogP contribution in [-0.2, 0) is 16.4 Å². The molecule has 134 valence electrons. The summed E-state index contributed by atoms with van der Waals surface area (Å²) in [5, 5.41) is 6.67. The summed E-state index contributed by atoms with van der Waals surface area (Å²) in [6.45, 7) is 0.635. The van der Waals surface area contributed by atoms with E-state index in [2.05, 4.69) is 10.5 Å². The fourth-order valence-electron chi connectivity index (χ4n) is 2.48. The second-order valence-electron chi connectivity index (χ2n) is 5.71. The van der Waals surface area contributed by atoms with E-state index in [1.54, 1.807) is 13.2 Å². The highest BCUT2D eigenvalue weighted by Crippen LogP contribution is 2.23.